The van der Waals surface area contributed by atoms with Crippen LogP contribution in [0.25, 0.3) is 0 Å². The predicted molar refractivity (Wildman–Crippen MR) is 78.1 cm³/mol. The minimum Gasteiger partial charge on any atom is -0.497 e. The third-order valence-electron chi connectivity index (χ3n) is 3.13. The highest BCUT2D eigenvalue weighted by molar-refractivity contribution is 5.28. The molecule has 9 nitrogen and oxygen atoms in total. The molecular formula is C14H13N5O4. The third kappa shape index (κ3) is 3.51. The van der Waals surface area contributed by atoms with Crippen molar-refractivity contribution >= 4 is 5.82 Å². The molecule has 0 amide bonds. The molecule has 0 unspecified atom stereocenters. The van der Waals surface area contributed by atoms with Gasteiger partial charge in [-0.3, -0.25) is 0 Å². The molecule has 3 aromatic rings. The van der Waals surface area contributed by atoms with Gasteiger partial charge in [0.25, 0.3) is 0 Å². The van der Waals surface area contributed by atoms with Crippen LogP contribution in [0.3, 0.4) is 0 Å². The number of rotatable bonds is 6. The molecule has 23 heavy (non-hydrogen) atoms. The van der Waals surface area contributed by atoms with Gasteiger partial charge in [-0.1, -0.05) is 12.1 Å². The Labute approximate surface area is 130 Å². The van der Waals surface area contributed by atoms with E-state index in [9.17, 15) is 10.1 Å². The van der Waals surface area contributed by atoms with Crippen LogP contribution in [-0.2, 0) is 13.0 Å². The molecule has 1 aromatic carbocycles. The molecule has 0 saturated heterocycles. The fourth-order valence-electron chi connectivity index (χ4n) is 2.02. The Hall–Kier alpha value is -3.23. The van der Waals surface area contributed by atoms with Crippen LogP contribution in [0.15, 0.2) is 40.9 Å². The van der Waals surface area contributed by atoms with E-state index >= 15 is 0 Å². The van der Waals surface area contributed by atoms with Crippen LogP contribution in [0.1, 0.15) is 17.3 Å². The normalized spacial score (nSPS) is 10.7. The van der Waals surface area contributed by atoms with Crippen LogP contribution in [0.4, 0.5) is 5.82 Å². The zero-order valence-corrected chi connectivity index (χ0v) is 12.2. The largest absolute Gasteiger partial charge is 0.497 e. The van der Waals surface area contributed by atoms with Crippen molar-refractivity contribution in [1.82, 2.24) is 20.0 Å². The molecule has 0 bridgehead atoms. The van der Waals surface area contributed by atoms with Gasteiger partial charge in [0.05, 0.1) is 30.9 Å². The van der Waals surface area contributed by atoms with E-state index < -0.39 is 4.92 Å². The van der Waals surface area contributed by atoms with E-state index in [-0.39, 0.29) is 12.4 Å². The summed E-state index contributed by atoms with van der Waals surface area (Å²) < 4.78 is 12.0. The number of nitro groups is 1. The summed E-state index contributed by atoms with van der Waals surface area (Å²) in [5.41, 5.74) is 1.01. The van der Waals surface area contributed by atoms with E-state index in [1.54, 1.807) is 7.11 Å². The lowest BCUT2D eigenvalue weighted by Gasteiger charge is -2.00. The van der Waals surface area contributed by atoms with Gasteiger partial charge < -0.3 is 19.3 Å². The van der Waals surface area contributed by atoms with Crippen molar-refractivity contribution in [3.8, 4) is 5.75 Å². The summed E-state index contributed by atoms with van der Waals surface area (Å²) in [7, 11) is 1.61. The molecule has 3 rings (SSSR count). The summed E-state index contributed by atoms with van der Waals surface area (Å²) in [4.78, 5) is 10.0. The van der Waals surface area contributed by atoms with Crippen LogP contribution in [0.2, 0.25) is 0 Å². The minimum atomic E-state index is -0.556. The van der Waals surface area contributed by atoms with Crippen molar-refractivity contribution in [3.05, 3.63) is 64.0 Å². The highest BCUT2D eigenvalue weighted by atomic mass is 16.6. The first-order valence-corrected chi connectivity index (χ1v) is 6.76. The van der Waals surface area contributed by atoms with Gasteiger partial charge in [-0.15, -0.1) is 10.2 Å². The number of benzene rings is 1. The van der Waals surface area contributed by atoms with Crippen molar-refractivity contribution in [2.75, 3.05) is 7.11 Å². The average molecular weight is 315 g/mol. The topological polar surface area (TPSA) is 109 Å². The van der Waals surface area contributed by atoms with Gasteiger partial charge >= 0.3 is 5.82 Å². The van der Waals surface area contributed by atoms with Crippen LogP contribution in [0.5, 0.6) is 5.75 Å². The van der Waals surface area contributed by atoms with Crippen LogP contribution in [0, 0.1) is 10.1 Å². The van der Waals surface area contributed by atoms with Crippen LogP contribution < -0.4 is 4.74 Å². The molecule has 0 saturated carbocycles. The van der Waals surface area contributed by atoms with E-state index in [1.807, 2.05) is 24.3 Å². The molecular weight excluding hydrogens is 302 g/mol. The van der Waals surface area contributed by atoms with Crippen molar-refractivity contribution in [2.24, 2.45) is 0 Å². The van der Waals surface area contributed by atoms with E-state index in [1.165, 1.54) is 16.9 Å². The maximum absolute atomic E-state index is 10.6. The number of ether oxygens (including phenoxy) is 1. The molecule has 0 aliphatic rings. The van der Waals surface area contributed by atoms with Gasteiger partial charge in [0, 0.05) is 0 Å². The molecule has 0 N–H and O–H groups in total. The zero-order valence-electron chi connectivity index (χ0n) is 12.2. The van der Waals surface area contributed by atoms with E-state index in [0.717, 1.165) is 11.3 Å². The van der Waals surface area contributed by atoms with Gasteiger partial charge in [0.15, 0.2) is 0 Å². The predicted octanol–water partition coefficient (Wildman–Crippen LogP) is 1.82. The van der Waals surface area contributed by atoms with Gasteiger partial charge in [-0.2, -0.15) is 4.68 Å². The summed E-state index contributed by atoms with van der Waals surface area (Å²) in [6.45, 7) is 0.184. The van der Waals surface area contributed by atoms with Crippen molar-refractivity contribution in [2.45, 2.75) is 13.0 Å². The fourth-order valence-corrected chi connectivity index (χ4v) is 2.02. The molecule has 0 aliphatic carbocycles. The quantitative estimate of drug-likeness (QED) is 0.504. The Morgan fingerprint density at radius 2 is 1.96 bits per heavy atom. The summed E-state index contributed by atoms with van der Waals surface area (Å²) >= 11 is 0. The Bertz CT molecular complexity index is 809. The second-order valence-electron chi connectivity index (χ2n) is 4.74. The Balaban J connectivity index is 1.65. The highest BCUT2D eigenvalue weighted by Gasteiger charge is 2.14. The first kappa shape index (κ1) is 14.7. The maximum Gasteiger partial charge on any atom is 0.389 e. The first-order chi connectivity index (χ1) is 11.1. The Morgan fingerprint density at radius 3 is 2.61 bits per heavy atom. The van der Waals surface area contributed by atoms with Crippen LogP contribution in [-0.4, -0.2) is 32.0 Å². The number of methoxy groups -OCH3 is 1. The zero-order chi connectivity index (χ0) is 16.2. The van der Waals surface area contributed by atoms with Crippen molar-refractivity contribution < 1.29 is 14.1 Å². The number of hydrogen-bond acceptors (Lipinski definition) is 7. The van der Waals surface area contributed by atoms with E-state index in [2.05, 4.69) is 15.3 Å². The second kappa shape index (κ2) is 6.26. The molecule has 0 atom stereocenters. The van der Waals surface area contributed by atoms with Crippen molar-refractivity contribution in [3.63, 3.8) is 0 Å². The molecule has 2 aromatic heterocycles. The number of aromatic nitrogens is 4. The first-order valence-electron chi connectivity index (χ1n) is 6.76. The standard InChI is InChI=1S/C14H13N5O4/c1-22-11-4-2-10(3-5-11)8-13-15-16-14(23-13)9-18-7-6-12(17-18)19(20)21/h2-7H,8-9H2,1H3. The summed E-state index contributed by atoms with van der Waals surface area (Å²) in [6, 6.07) is 8.86. The average Bonchev–Trinajstić information content (AvgIpc) is 3.18. The number of nitrogens with zero attached hydrogens (tertiary/aromatic N) is 5. The third-order valence-corrected chi connectivity index (χ3v) is 3.13. The second-order valence-corrected chi connectivity index (χ2v) is 4.74. The van der Waals surface area contributed by atoms with Gasteiger partial charge in [0.1, 0.15) is 12.3 Å². The molecule has 118 valence electrons. The molecule has 9 heteroatoms. The van der Waals surface area contributed by atoms with E-state index in [0.29, 0.717) is 18.2 Å². The molecule has 0 spiro atoms. The monoisotopic (exact) mass is 315 g/mol. The Kier molecular flexibility index (Phi) is 4.00. The smallest absolute Gasteiger partial charge is 0.389 e. The highest BCUT2D eigenvalue weighted by Crippen LogP contribution is 2.15. The molecule has 2 heterocycles. The fraction of sp³-hybridized carbons (Fsp3) is 0.214. The van der Waals surface area contributed by atoms with Gasteiger partial charge in [-0.05, 0) is 22.6 Å². The summed E-state index contributed by atoms with van der Waals surface area (Å²) in [6.07, 6.45) is 1.99. The SMILES string of the molecule is COc1ccc(Cc2nnc(Cn3ccc([N+](=O)[O-])n3)o2)cc1. The lowest BCUT2D eigenvalue weighted by molar-refractivity contribution is -0.389. The molecule has 0 fully saturated rings. The van der Waals surface area contributed by atoms with Crippen molar-refractivity contribution in [1.29, 1.82) is 0 Å². The van der Waals surface area contributed by atoms with Gasteiger partial charge in [0.2, 0.25) is 11.8 Å². The van der Waals surface area contributed by atoms with Gasteiger partial charge in [-0.25, -0.2) is 0 Å². The maximum atomic E-state index is 10.6. The lowest BCUT2D eigenvalue weighted by Crippen LogP contribution is -2.01. The van der Waals surface area contributed by atoms with E-state index in [4.69, 9.17) is 9.15 Å². The Morgan fingerprint density at radius 1 is 1.22 bits per heavy atom. The summed E-state index contributed by atoms with van der Waals surface area (Å²) in [5, 5.41) is 22.3. The number of hydrogen-bond donors (Lipinski definition) is 0. The summed E-state index contributed by atoms with van der Waals surface area (Å²) in [5.74, 6) is 1.36. The molecule has 0 radical (unpaired) electrons. The lowest BCUT2D eigenvalue weighted by atomic mass is 10.1. The van der Waals surface area contributed by atoms with Crippen LogP contribution >= 0.6 is 0 Å². The molecule has 0 aliphatic heterocycles. The minimum absolute atomic E-state index is 0.184.